The van der Waals surface area contributed by atoms with Crippen molar-refractivity contribution in [2.24, 2.45) is 0 Å². The number of aromatic hydroxyl groups is 1. The molecule has 0 aromatic heterocycles. The van der Waals surface area contributed by atoms with Crippen molar-refractivity contribution in [1.82, 2.24) is 10.2 Å². The largest absolute Gasteiger partial charge is 0.508 e. The van der Waals surface area contributed by atoms with Crippen molar-refractivity contribution in [3.63, 3.8) is 0 Å². The van der Waals surface area contributed by atoms with Crippen LogP contribution in [0.25, 0.3) is 0 Å². The molecule has 2 N–H and O–H groups in total. The number of rotatable bonds is 4. The van der Waals surface area contributed by atoms with E-state index in [1.807, 2.05) is 0 Å². The van der Waals surface area contributed by atoms with E-state index in [0.29, 0.717) is 0 Å². The molecule has 0 unspecified atom stereocenters. The van der Waals surface area contributed by atoms with Crippen LogP contribution in [-0.2, 0) is 0 Å². The van der Waals surface area contributed by atoms with Crippen LogP contribution < -0.4 is 5.32 Å². The van der Waals surface area contributed by atoms with Gasteiger partial charge in [0.25, 0.3) is 0 Å². The summed E-state index contributed by atoms with van der Waals surface area (Å²) in [7, 11) is 0. The highest BCUT2D eigenvalue weighted by atomic mass is 35.5. The molecule has 3 nitrogen and oxygen atoms in total. The Bertz CT molecular complexity index is 436. The van der Waals surface area contributed by atoms with Crippen molar-refractivity contribution in [2.75, 3.05) is 26.2 Å². The number of nitrogens with one attached hydrogen (secondary N) is 1. The minimum atomic E-state index is -4.15. The molecule has 7 heteroatoms. The van der Waals surface area contributed by atoms with Crippen LogP contribution in [0.15, 0.2) is 24.3 Å². The molecule has 2 rings (SSSR count). The molecule has 1 heterocycles. The van der Waals surface area contributed by atoms with E-state index in [0.717, 1.165) is 31.7 Å². The first kappa shape index (κ1) is 18.1. The maximum atomic E-state index is 12.5. The van der Waals surface area contributed by atoms with Crippen LogP contribution in [0.1, 0.15) is 24.4 Å². The molecule has 1 saturated heterocycles. The molecule has 0 aliphatic carbocycles. The molecule has 0 amide bonds. The van der Waals surface area contributed by atoms with Gasteiger partial charge in [0.2, 0.25) is 0 Å². The fraction of sp³-hybridized carbons (Fsp3) is 0.571. The minimum absolute atomic E-state index is 0. The van der Waals surface area contributed by atoms with Crippen molar-refractivity contribution in [2.45, 2.75) is 25.1 Å². The second kappa shape index (κ2) is 7.87. The summed E-state index contributed by atoms with van der Waals surface area (Å²) in [5, 5.41) is 12.7. The number of phenols is 1. The molecule has 0 bridgehead atoms. The van der Waals surface area contributed by atoms with Crippen molar-refractivity contribution in [1.29, 1.82) is 0 Å². The van der Waals surface area contributed by atoms with E-state index >= 15 is 0 Å². The third kappa shape index (κ3) is 5.73. The van der Waals surface area contributed by atoms with Crippen LogP contribution in [0.4, 0.5) is 13.2 Å². The normalized spacial score (nSPS) is 18.0. The third-order valence-corrected chi connectivity index (χ3v) is 3.55. The van der Waals surface area contributed by atoms with Gasteiger partial charge in [0.05, 0.1) is 0 Å². The van der Waals surface area contributed by atoms with Gasteiger partial charge in [-0.05, 0) is 24.1 Å². The highest BCUT2D eigenvalue weighted by molar-refractivity contribution is 5.85. The summed E-state index contributed by atoms with van der Waals surface area (Å²) < 4.78 is 37.5. The summed E-state index contributed by atoms with van der Waals surface area (Å²) in [5.41, 5.74) is 0.746. The maximum absolute atomic E-state index is 12.5. The van der Waals surface area contributed by atoms with Gasteiger partial charge in [-0.1, -0.05) is 12.1 Å². The molecular weight excluding hydrogens is 305 g/mol. The first-order chi connectivity index (χ1) is 9.46. The van der Waals surface area contributed by atoms with Crippen LogP contribution in [0, 0.1) is 0 Å². The Morgan fingerprint density at radius 2 is 1.90 bits per heavy atom. The van der Waals surface area contributed by atoms with Gasteiger partial charge in [0, 0.05) is 38.6 Å². The number of halogens is 4. The smallest absolute Gasteiger partial charge is 0.389 e. The van der Waals surface area contributed by atoms with Crippen molar-refractivity contribution < 1.29 is 18.3 Å². The molecule has 1 atom stereocenters. The Kier molecular flexibility index (Phi) is 6.77. The number of piperazine rings is 1. The lowest BCUT2D eigenvalue weighted by Gasteiger charge is -2.35. The first-order valence-electron chi connectivity index (χ1n) is 6.76. The lowest BCUT2D eigenvalue weighted by molar-refractivity contribution is -0.138. The van der Waals surface area contributed by atoms with Gasteiger partial charge in [0.15, 0.2) is 0 Å². The fourth-order valence-electron chi connectivity index (χ4n) is 2.59. The van der Waals surface area contributed by atoms with E-state index in [9.17, 15) is 18.3 Å². The van der Waals surface area contributed by atoms with Gasteiger partial charge in [-0.15, -0.1) is 12.4 Å². The molecule has 0 spiro atoms. The van der Waals surface area contributed by atoms with Gasteiger partial charge in [-0.2, -0.15) is 13.2 Å². The zero-order valence-corrected chi connectivity index (χ0v) is 12.4. The van der Waals surface area contributed by atoms with E-state index in [-0.39, 0.29) is 30.6 Å². The van der Waals surface area contributed by atoms with Gasteiger partial charge in [0.1, 0.15) is 5.75 Å². The van der Waals surface area contributed by atoms with E-state index < -0.39 is 12.6 Å². The molecule has 1 aromatic carbocycles. The second-order valence-corrected chi connectivity index (χ2v) is 5.05. The Morgan fingerprint density at radius 1 is 1.24 bits per heavy atom. The lowest BCUT2D eigenvalue weighted by Crippen LogP contribution is -2.45. The first-order valence-corrected chi connectivity index (χ1v) is 6.76. The van der Waals surface area contributed by atoms with Gasteiger partial charge >= 0.3 is 6.18 Å². The molecule has 1 aliphatic heterocycles. The van der Waals surface area contributed by atoms with Crippen molar-refractivity contribution in [3.05, 3.63) is 29.8 Å². The number of hydrogen-bond donors (Lipinski definition) is 2. The summed E-state index contributed by atoms with van der Waals surface area (Å²) in [6.45, 7) is 3.00. The lowest BCUT2D eigenvalue weighted by atomic mass is 9.99. The molecule has 0 saturated carbocycles. The van der Waals surface area contributed by atoms with E-state index in [2.05, 4.69) is 10.2 Å². The molecule has 0 radical (unpaired) electrons. The zero-order valence-electron chi connectivity index (χ0n) is 11.6. The standard InChI is InChI=1S/C14H19F3N2O.ClH/c15-14(16,17)5-4-13(19-8-6-18-7-9-19)11-2-1-3-12(20)10-11;/h1-3,10,13,18,20H,4-9H2;1H/t13-;/m1./s1. The van der Waals surface area contributed by atoms with E-state index in [1.165, 1.54) is 6.07 Å². The molecule has 120 valence electrons. The third-order valence-electron chi connectivity index (χ3n) is 3.55. The molecule has 1 fully saturated rings. The highest BCUT2D eigenvalue weighted by Gasteiger charge is 2.31. The SMILES string of the molecule is Cl.Oc1cccc([C@@H](CCC(F)(F)F)N2CCNCC2)c1. The average Bonchev–Trinajstić information content (AvgIpc) is 2.39. The summed E-state index contributed by atoms with van der Waals surface area (Å²) in [5.74, 6) is 0.0923. The second-order valence-electron chi connectivity index (χ2n) is 5.05. The van der Waals surface area contributed by atoms with Crippen LogP contribution in [0.2, 0.25) is 0 Å². The molecule has 1 aromatic rings. The van der Waals surface area contributed by atoms with Crippen LogP contribution in [0.5, 0.6) is 5.75 Å². The van der Waals surface area contributed by atoms with Crippen molar-refractivity contribution in [3.8, 4) is 5.75 Å². The number of benzene rings is 1. The molecular formula is C14H20ClF3N2O. The van der Waals surface area contributed by atoms with Gasteiger partial charge in [-0.3, -0.25) is 4.90 Å². The Morgan fingerprint density at radius 3 is 2.48 bits per heavy atom. The quantitative estimate of drug-likeness (QED) is 0.893. The summed E-state index contributed by atoms with van der Waals surface area (Å²) >= 11 is 0. The number of alkyl halides is 3. The maximum Gasteiger partial charge on any atom is 0.389 e. The van der Waals surface area contributed by atoms with E-state index in [4.69, 9.17) is 0 Å². The monoisotopic (exact) mass is 324 g/mol. The predicted molar refractivity (Wildman–Crippen MR) is 77.8 cm³/mol. The summed E-state index contributed by atoms with van der Waals surface area (Å²) in [4.78, 5) is 2.05. The Hall–Kier alpha value is -0.980. The minimum Gasteiger partial charge on any atom is -0.508 e. The highest BCUT2D eigenvalue weighted by Crippen LogP contribution is 2.32. The van der Waals surface area contributed by atoms with Crippen LogP contribution in [-0.4, -0.2) is 42.4 Å². The fourth-order valence-corrected chi connectivity index (χ4v) is 2.59. The number of nitrogens with zero attached hydrogens (tertiary/aromatic N) is 1. The topological polar surface area (TPSA) is 35.5 Å². The summed E-state index contributed by atoms with van der Waals surface area (Å²) in [6, 6.07) is 6.24. The number of phenolic OH excluding ortho intramolecular Hbond substituents is 1. The zero-order chi connectivity index (χ0) is 14.6. The van der Waals surface area contributed by atoms with Crippen LogP contribution in [0.3, 0.4) is 0 Å². The average molecular weight is 325 g/mol. The van der Waals surface area contributed by atoms with Gasteiger partial charge < -0.3 is 10.4 Å². The summed E-state index contributed by atoms with van der Waals surface area (Å²) in [6.07, 6.45) is -4.94. The number of hydrogen-bond acceptors (Lipinski definition) is 3. The molecule has 21 heavy (non-hydrogen) atoms. The van der Waals surface area contributed by atoms with Crippen LogP contribution >= 0.6 is 12.4 Å². The van der Waals surface area contributed by atoms with Gasteiger partial charge in [-0.25, -0.2) is 0 Å². The Labute approximate surface area is 128 Å². The molecule has 1 aliphatic rings. The Balaban J connectivity index is 0.00000220. The van der Waals surface area contributed by atoms with E-state index in [1.54, 1.807) is 18.2 Å². The van der Waals surface area contributed by atoms with Crippen molar-refractivity contribution >= 4 is 12.4 Å². The predicted octanol–water partition coefficient (Wildman–Crippen LogP) is 3.10.